The summed E-state index contributed by atoms with van der Waals surface area (Å²) in [5.41, 5.74) is 1.17. The van der Waals surface area contributed by atoms with Crippen molar-refractivity contribution in [2.24, 2.45) is 0 Å². The number of hydrogen-bond acceptors (Lipinski definition) is 3. The van der Waals surface area contributed by atoms with Gasteiger partial charge in [0, 0.05) is 29.2 Å². The molecule has 5 nitrogen and oxygen atoms in total. The van der Waals surface area contributed by atoms with Crippen LogP contribution in [-0.2, 0) is 12.8 Å². The third kappa shape index (κ3) is 2.90. The highest BCUT2D eigenvalue weighted by Gasteiger charge is 2.41. The molecule has 4 rings (SSSR count). The van der Waals surface area contributed by atoms with Gasteiger partial charge in [-0.05, 0) is 37.5 Å². The van der Waals surface area contributed by atoms with E-state index in [1.54, 1.807) is 22.9 Å². The van der Waals surface area contributed by atoms with E-state index >= 15 is 0 Å². The van der Waals surface area contributed by atoms with Crippen LogP contribution in [0, 0.1) is 0 Å². The van der Waals surface area contributed by atoms with E-state index in [0.29, 0.717) is 21.4 Å². The number of aliphatic hydroxyl groups excluding tert-OH is 1. The van der Waals surface area contributed by atoms with Gasteiger partial charge in [-0.1, -0.05) is 23.2 Å². The summed E-state index contributed by atoms with van der Waals surface area (Å²) in [7, 11) is 0. The van der Waals surface area contributed by atoms with Crippen molar-refractivity contribution in [2.45, 2.75) is 31.4 Å². The van der Waals surface area contributed by atoms with Gasteiger partial charge in [-0.25, -0.2) is 9.07 Å². The maximum atomic E-state index is 14.3. The minimum atomic E-state index is -1.72. The summed E-state index contributed by atoms with van der Waals surface area (Å²) in [4.78, 5) is 14.4. The van der Waals surface area contributed by atoms with Gasteiger partial charge in [-0.2, -0.15) is 5.10 Å². The van der Waals surface area contributed by atoms with Crippen LogP contribution in [0.1, 0.15) is 34.6 Å². The molecular formula is C18H18Cl2FN3O2. The van der Waals surface area contributed by atoms with Crippen molar-refractivity contribution < 1.29 is 14.3 Å². The van der Waals surface area contributed by atoms with Gasteiger partial charge in [0.1, 0.15) is 0 Å². The number of carbonyl (C=O) groups is 1. The zero-order valence-corrected chi connectivity index (χ0v) is 15.5. The van der Waals surface area contributed by atoms with Crippen LogP contribution < -0.4 is 0 Å². The Labute approximate surface area is 160 Å². The van der Waals surface area contributed by atoms with Gasteiger partial charge in [0.2, 0.25) is 0 Å². The van der Waals surface area contributed by atoms with Gasteiger partial charge in [0.15, 0.2) is 11.4 Å². The minimum absolute atomic E-state index is 0.105. The molecule has 1 saturated heterocycles. The highest BCUT2D eigenvalue weighted by molar-refractivity contribution is 6.35. The van der Waals surface area contributed by atoms with Gasteiger partial charge in [0.25, 0.3) is 5.91 Å². The number of aliphatic hydroxyl groups is 1. The van der Waals surface area contributed by atoms with Crippen LogP contribution in [0.2, 0.25) is 10.0 Å². The molecule has 1 aliphatic heterocycles. The number of aromatic nitrogens is 2. The van der Waals surface area contributed by atoms with E-state index in [4.69, 9.17) is 23.2 Å². The molecule has 1 aromatic carbocycles. The van der Waals surface area contributed by atoms with Gasteiger partial charge in [-0.15, -0.1) is 0 Å². The summed E-state index contributed by atoms with van der Waals surface area (Å²) >= 11 is 12.3. The second-order valence-corrected chi connectivity index (χ2v) is 7.76. The first-order valence-electron chi connectivity index (χ1n) is 8.57. The molecule has 1 aromatic heterocycles. The summed E-state index contributed by atoms with van der Waals surface area (Å²) in [5.74, 6) is -0.292. The van der Waals surface area contributed by atoms with Crippen LogP contribution in [0.5, 0.6) is 0 Å². The zero-order valence-electron chi connectivity index (χ0n) is 14.0. The molecule has 138 valence electrons. The molecular weight excluding hydrogens is 380 g/mol. The van der Waals surface area contributed by atoms with Crippen molar-refractivity contribution in [1.82, 2.24) is 14.7 Å². The number of carbonyl (C=O) groups excluding carboxylic acids is 1. The van der Waals surface area contributed by atoms with Crippen LogP contribution in [0.25, 0.3) is 5.69 Å². The van der Waals surface area contributed by atoms with Gasteiger partial charge >= 0.3 is 0 Å². The Hall–Kier alpha value is -1.63. The Kier molecular flexibility index (Phi) is 4.45. The second-order valence-electron chi connectivity index (χ2n) is 6.92. The monoisotopic (exact) mass is 397 g/mol. The summed E-state index contributed by atoms with van der Waals surface area (Å²) < 4.78 is 16.0. The lowest BCUT2D eigenvalue weighted by Crippen LogP contribution is -2.36. The third-order valence-electron chi connectivity index (χ3n) is 5.15. The first-order chi connectivity index (χ1) is 12.4. The molecule has 1 aliphatic carbocycles. The van der Waals surface area contributed by atoms with E-state index in [1.165, 1.54) is 4.90 Å². The van der Waals surface area contributed by atoms with Crippen LogP contribution in [-0.4, -0.2) is 51.1 Å². The first kappa shape index (κ1) is 17.8. The number of fused-ring (bicyclic) bond motifs is 1. The Bertz CT molecular complexity index is 886. The average Bonchev–Trinajstić information content (AvgIpc) is 3.30. The number of rotatable bonds is 3. The van der Waals surface area contributed by atoms with E-state index in [0.717, 1.165) is 30.5 Å². The molecule has 1 fully saturated rings. The highest BCUT2D eigenvalue weighted by Crippen LogP contribution is 2.33. The van der Waals surface area contributed by atoms with Crippen LogP contribution in [0.4, 0.5) is 4.39 Å². The largest absolute Gasteiger partial charge is 0.393 e. The fraction of sp³-hybridized carbons (Fsp3) is 0.444. The number of benzene rings is 1. The Morgan fingerprint density at radius 1 is 1.35 bits per heavy atom. The maximum Gasteiger partial charge on any atom is 0.274 e. The highest BCUT2D eigenvalue weighted by atomic mass is 35.5. The van der Waals surface area contributed by atoms with Gasteiger partial charge in [0.05, 0.1) is 23.9 Å². The van der Waals surface area contributed by atoms with Crippen LogP contribution in [0.15, 0.2) is 18.2 Å². The van der Waals surface area contributed by atoms with Crippen LogP contribution >= 0.6 is 23.2 Å². The van der Waals surface area contributed by atoms with E-state index in [2.05, 4.69) is 5.10 Å². The Morgan fingerprint density at radius 3 is 2.85 bits per heavy atom. The first-order valence-corrected chi connectivity index (χ1v) is 9.33. The lowest BCUT2D eigenvalue weighted by Gasteiger charge is -2.18. The molecule has 0 spiro atoms. The van der Waals surface area contributed by atoms with E-state index in [9.17, 15) is 14.3 Å². The number of hydrogen-bond donors (Lipinski definition) is 1. The predicted molar refractivity (Wildman–Crippen MR) is 97.1 cm³/mol. The predicted octanol–water partition coefficient (Wildman–Crippen LogP) is 3.21. The molecule has 2 aliphatic rings. The summed E-state index contributed by atoms with van der Waals surface area (Å²) in [5, 5.41) is 14.7. The molecule has 26 heavy (non-hydrogen) atoms. The lowest BCUT2D eigenvalue weighted by molar-refractivity contribution is 0.0626. The van der Waals surface area contributed by atoms with E-state index < -0.39 is 12.3 Å². The normalized spacial score (nSPS) is 22.1. The van der Waals surface area contributed by atoms with E-state index in [-0.39, 0.29) is 25.4 Å². The van der Waals surface area contributed by atoms with Gasteiger partial charge in [-0.3, -0.25) is 4.79 Å². The molecule has 0 saturated carbocycles. The average molecular weight is 398 g/mol. The smallest absolute Gasteiger partial charge is 0.274 e. The van der Waals surface area contributed by atoms with Crippen molar-refractivity contribution in [3.8, 4) is 5.69 Å². The molecule has 2 aromatic rings. The van der Waals surface area contributed by atoms with Crippen molar-refractivity contribution in [3.63, 3.8) is 0 Å². The molecule has 0 bridgehead atoms. The SMILES string of the molecule is O=C(c1nn(-c2ccc(Cl)cc2Cl)c2c1CCC2)N1CC[C@@](F)(CO)C1. The molecule has 2 heterocycles. The second kappa shape index (κ2) is 6.51. The van der Waals surface area contributed by atoms with Crippen molar-refractivity contribution in [2.75, 3.05) is 19.7 Å². The standard InChI is InChI=1S/C18H18Cl2FN3O2/c19-11-4-5-15(13(20)8-11)24-14-3-1-2-12(14)16(22-24)17(26)23-7-6-18(21,9-23)10-25/h4-5,8,25H,1-3,6-7,9-10H2/t18-/m0/s1. The fourth-order valence-corrected chi connectivity index (χ4v) is 4.24. The summed E-state index contributed by atoms with van der Waals surface area (Å²) in [6.45, 7) is -0.408. The molecule has 8 heteroatoms. The molecule has 0 radical (unpaired) electrons. The Balaban J connectivity index is 1.72. The third-order valence-corrected chi connectivity index (χ3v) is 5.68. The number of alkyl halides is 1. The van der Waals surface area contributed by atoms with Crippen LogP contribution in [0.3, 0.4) is 0 Å². The number of amides is 1. The number of halogens is 3. The van der Waals surface area contributed by atoms with E-state index in [1.807, 2.05) is 0 Å². The fourth-order valence-electron chi connectivity index (χ4n) is 3.75. The lowest BCUT2D eigenvalue weighted by atomic mass is 10.1. The summed E-state index contributed by atoms with van der Waals surface area (Å²) in [6.07, 6.45) is 2.64. The molecule has 0 unspecified atom stereocenters. The van der Waals surface area contributed by atoms with Crippen molar-refractivity contribution >= 4 is 29.1 Å². The zero-order chi connectivity index (χ0) is 18.5. The van der Waals surface area contributed by atoms with Crippen molar-refractivity contribution in [1.29, 1.82) is 0 Å². The number of likely N-dealkylation sites (tertiary alicyclic amines) is 1. The maximum absolute atomic E-state index is 14.3. The minimum Gasteiger partial charge on any atom is -0.393 e. The summed E-state index contributed by atoms with van der Waals surface area (Å²) in [6, 6.07) is 5.15. The molecule has 1 N–H and O–H groups in total. The topological polar surface area (TPSA) is 58.4 Å². The molecule has 1 atom stereocenters. The molecule has 1 amide bonds. The Morgan fingerprint density at radius 2 is 2.15 bits per heavy atom. The van der Waals surface area contributed by atoms with Crippen molar-refractivity contribution in [3.05, 3.63) is 45.2 Å². The quantitative estimate of drug-likeness (QED) is 0.864. The van der Waals surface area contributed by atoms with Gasteiger partial charge < -0.3 is 10.0 Å². The number of nitrogens with zero attached hydrogens (tertiary/aromatic N) is 3.